The van der Waals surface area contributed by atoms with Gasteiger partial charge in [0, 0.05) is 44.9 Å². The summed E-state index contributed by atoms with van der Waals surface area (Å²) in [4.78, 5) is 9.44. The Morgan fingerprint density at radius 3 is 2.59 bits per heavy atom. The van der Waals surface area contributed by atoms with Gasteiger partial charge < -0.3 is 14.0 Å². The zero-order valence-electron chi connectivity index (χ0n) is 16.0. The van der Waals surface area contributed by atoms with Crippen LogP contribution in [-0.2, 0) is 11.3 Å². The average Bonchev–Trinajstić information content (AvgIpc) is 3.37. The van der Waals surface area contributed by atoms with E-state index in [1.54, 1.807) is 0 Å². The van der Waals surface area contributed by atoms with Gasteiger partial charge in [0.2, 0.25) is 11.7 Å². The maximum Gasteiger partial charge on any atom is 0.241 e. The number of hydrogen-bond donors (Lipinski definition) is 0. The lowest BCUT2D eigenvalue weighted by atomic mass is 10.2. The zero-order valence-corrected chi connectivity index (χ0v) is 16.0. The Morgan fingerprint density at radius 2 is 1.89 bits per heavy atom. The Morgan fingerprint density at radius 1 is 1.11 bits per heavy atom. The molecule has 2 aliphatic rings. The van der Waals surface area contributed by atoms with Crippen molar-refractivity contribution in [3.8, 4) is 17.1 Å². The molecule has 2 aromatic rings. The molecular formula is C20H28N4O3. The quantitative estimate of drug-likeness (QED) is 0.740. The second-order valence-electron chi connectivity index (χ2n) is 7.18. The molecule has 1 unspecified atom stereocenters. The van der Waals surface area contributed by atoms with Crippen LogP contribution in [0, 0.1) is 0 Å². The first kappa shape index (κ1) is 18.4. The highest BCUT2D eigenvalue weighted by molar-refractivity contribution is 5.55. The van der Waals surface area contributed by atoms with Crippen molar-refractivity contribution in [2.75, 3.05) is 45.9 Å². The fourth-order valence-electron chi connectivity index (χ4n) is 3.70. The third-order valence-electron chi connectivity index (χ3n) is 5.20. The summed E-state index contributed by atoms with van der Waals surface area (Å²) in [6, 6.07) is 7.79. The van der Waals surface area contributed by atoms with Crippen molar-refractivity contribution in [2.24, 2.45) is 0 Å². The highest BCUT2D eigenvalue weighted by Gasteiger charge is 2.23. The van der Waals surface area contributed by atoms with E-state index < -0.39 is 0 Å². The molecule has 1 aromatic heterocycles. The monoisotopic (exact) mass is 372 g/mol. The van der Waals surface area contributed by atoms with Crippen LogP contribution in [0.3, 0.4) is 0 Å². The van der Waals surface area contributed by atoms with Crippen LogP contribution in [0.2, 0.25) is 0 Å². The van der Waals surface area contributed by atoms with Crippen LogP contribution < -0.4 is 4.74 Å². The van der Waals surface area contributed by atoms with Gasteiger partial charge in [-0.1, -0.05) is 5.16 Å². The normalized spacial score (nSPS) is 21.6. The summed E-state index contributed by atoms with van der Waals surface area (Å²) in [5.41, 5.74) is 0.940. The molecule has 0 bridgehead atoms. The summed E-state index contributed by atoms with van der Waals surface area (Å²) >= 11 is 0. The molecule has 3 heterocycles. The van der Waals surface area contributed by atoms with E-state index in [-0.39, 0.29) is 0 Å². The third kappa shape index (κ3) is 4.86. The minimum absolute atomic E-state index is 0.434. The van der Waals surface area contributed by atoms with E-state index in [9.17, 15) is 0 Å². The minimum Gasteiger partial charge on any atom is -0.494 e. The molecule has 0 radical (unpaired) electrons. The van der Waals surface area contributed by atoms with Gasteiger partial charge in [0.15, 0.2) is 0 Å². The van der Waals surface area contributed by atoms with Crippen LogP contribution >= 0.6 is 0 Å². The Labute approximate surface area is 160 Å². The van der Waals surface area contributed by atoms with Gasteiger partial charge in [-0.3, -0.25) is 9.80 Å². The van der Waals surface area contributed by atoms with E-state index in [0.717, 1.165) is 50.6 Å². The van der Waals surface area contributed by atoms with Crippen molar-refractivity contribution < 1.29 is 14.0 Å². The van der Waals surface area contributed by atoms with Crippen molar-refractivity contribution in [1.82, 2.24) is 19.9 Å². The molecule has 0 saturated carbocycles. The second kappa shape index (κ2) is 8.82. The third-order valence-corrected chi connectivity index (χ3v) is 5.20. The summed E-state index contributed by atoms with van der Waals surface area (Å²) in [5, 5.41) is 4.13. The zero-order chi connectivity index (χ0) is 18.5. The van der Waals surface area contributed by atoms with Crippen molar-refractivity contribution in [3.05, 3.63) is 30.2 Å². The van der Waals surface area contributed by atoms with Crippen molar-refractivity contribution in [3.63, 3.8) is 0 Å². The van der Waals surface area contributed by atoms with Crippen molar-refractivity contribution in [1.29, 1.82) is 0 Å². The Balaban J connectivity index is 1.27. The van der Waals surface area contributed by atoms with Crippen LogP contribution in [0.4, 0.5) is 0 Å². The highest BCUT2D eigenvalue weighted by Crippen LogP contribution is 2.21. The first-order valence-electron chi connectivity index (χ1n) is 9.92. The van der Waals surface area contributed by atoms with Gasteiger partial charge in [0.25, 0.3) is 0 Å². The predicted octanol–water partition coefficient (Wildman–Crippen LogP) is 2.43. The lowest BCUT2D eigenvalue weighted by Crippen LogP contribution is -2.48. The summed E-state index contributed by atoms with van der Waals surface area (Å²) in [5.74, 6) is 2.15. The Bertz CT molecular complexity index is 704. The maximum atomic E-state index is 5.75. The van der Waals surface area contributed by atoms with Crippen LogP contribution in [0.15, 0.2) is 28.8 Å². The van der Waals surface area contributed by atoms with E-state index >= 15 is 0 Å². The van der Waals surface area contributed by atoms with Gasteiger partial charge in [-0.2, -0.15) is 4.98 Å². The molecule has 0 amide bonds. The number of benzene rings is 1. The van der Waals surface area contributed by atoms with E-state index in [0.29, 0.717) is 31.0 Å². The molecule has 2 fully saturated rings. The molecule has 0 N–H and O–H groups in total. The van der Waals surface area contributed by atoms with Gasteiger partial charge >= 0.3 is 0 Å². The molecule has 1 atom stereocenters. The SMILES string of the molecule is CCOc1ccc(-c2noc(CN3CCN(CC4CCCO4)CC3)n2)cc1. The summed E-state index contributed by atoms with van der Waals surface area (Å²) in [7, 11) is 0. The van der Waals surface area contributed by atoms with E-state index in [1.807, 2.05) is 31.2 Å². The molecule has 2 aliphatic heterocycles. The number of aromatic nitrogens is 2. The second-order valence-corrected chi connectivity index (χ2v) is 7.18. The lowest BCUT2D eigenvalue weighted by molar-refractivity contribution is 0.0468. The summed E-state index contributed by atoms with van der Waals surface area (Å²) < 4.78 is 16.7. The van der Waals surface area contributed by atoms with E-state index in [1.165, 1.54) is 12.8 Å². The van der Waals surface area contributed by atoms with E-state index in [2.05, 4.69) is 19.9 Å². The lowest BCUT2D eigenvalue weighted by Gasteiger charge is -2.34. The Hall–Kier alpha value is -1.96. The molecule has 2 saturated heterocycles. The first-order chi connectivity index (χ1) is 13.3. The van der Waals surface area contributed by atoms with Crippen LogP contribution in [-0.4, -0.2) is 72.0 Å². The van der Waals surface area contributed by atoms with Crippen molar-refractivity contribution >= 4 is 0 Å². The molecule has 146 valence electrons. The first-order valence-corrected chi connectivity index (χ1v) is 9.92. The fourth-order valence-corrected chi connectivity index (χ4v) is 3.70. The van der Waals surface area contributed by atoms with Gasteiger partial charge in [-0.05, 0) is 44.0 Å². The van der Waals surface area contributed by atoms with Crippen molar-refractivity contribution in [2.45, 2.75) is 32.4 Å². The standard InChI is InChI=1S/C20H28N4O3/c1-2-25-17-7-5-16(6-8-17)20-21-19(27-22-20)15-24-11-9-23(10-12-24)14-18-4-3-13-26-18/h5-8,18H,2-4,9-15H2,1H3. The molecule has 7 nitrogen and oxygen atoms in total. The summed E-state index contributed by atoms with van der Waals surface area (Å²) in [6.45, 7) is 9.52. The van der Waals surface area contributed by atoms with E-state index in [4.69, 9.17) is 14.0 Å². The number of piperazine rings is 1. The largest absolute Gasteiger partial charge is 0.494 e. The average molecular weight is 372 g/mol. The Kier molecular flexibility index (Phi) is 6.01. The molecule has 4 rings (SSSR count). The number of hydrogen-bond acceptors (Lipinski definition) is 7. The number of rotatable bonds is 7. The van der Waals surface area contributed by atoms with Crippen LogP contribution in [0.25, 0.3) is 11.4 Å². The highest BCUT2D eigenvalue weighted by atomic mass is 16.5. The van der Waals surface area contributed by atoms with Crippen LogP contribution in [0.1, 0.15) is 25.7 Å². The molecule has 7 heteroatoms. The summed E-state index contributed by atoms with van der Waals surface area (Å²) in [6.07, 6.45) is 2.85. The molecule has 27 heavy (non-hydrogen) atoms. The molecule has 1 aromatic carbocycles. The maximum absolute atomic E-state index is 5.75. The number of nitrogens with zero attached hydrogens (tertiary/aromatic N) is 4. The predicted molar refractivity (Wildman–Crippen MR) is 102 cm³/mol. The molecule has 0 aliphatic carbocycles. The fraction of sp³-hybridized carbons (Fsp3) is 0.600. The van der Waals surface area contributed by atoms with Gasteiger partial charge in [0.05, 0.1) is 19.3 Å². The van der Waals surface area contributed by atoms with Gasteiger partial charge in [-0.25, -0.2) is 0 Å². The topological polar surface area (TPSA) is 63.9 Å². The minimum atomic E-state index is 0.434. The van der Waals surface area contributed by atoms with Crippen LogP contribution in [0.5, 0.6) is 5.75 Å². The smallest absolute Gasteiger partial charge is 0.241 e. The van der Waals surface area contributed by atoms with Gasteiger partial charge in [0.1, 0.15) is 5.75 Å². The van der Waals surface area contributed by atoms with Gasteiger partial charge in [-0.15, -0.1) is 0 Å². The molecule has 0 spiro atoms. The number of ether oxygens (including phenoxy) is 2. The molecular weight excluding hydrogens is 344 g/mol.